The van der Waals surface area contributed by atoms with E-state index in [1.54, 1.807) is 6.07 Å². The summed E-state index contributed by atoms with van der Waals surface area (Å²) in [5.41, 5.74) is 0.956. The molecule has 0 bridgehead atoms. The zero-order valence-electron chi connectivity index (χ0n) is 12.1. The summed E-state index contributed by atoms with van der Waals surface area (Å²) in [5, 5.41) is 3.93. The van der Waals surface area contributed by atoms with E-state index in [2.05, 4.69) is 24.1 Å². The molecule has 1 saturated carbocycles. The molecule has 1 atom stereocenters. The quantitative estimate of drug-likeness (QED) is 0.919. The second kappa shape index (κ2) is 5.28. The van der Waals surface area contributed by atoms with Crippen molar-refractivity contribution in [3.05, 3.63) is 34.6 Å². The number of nitrogens with one attached hydrogen (secondary N) is 1. The van der Waals surface area contributed by atoms with Gasteiger partial charge in [0, 0.05) is 31.2 Å². The number of benzene rings is 1. The fourth-order valence-electron chi connectivity index (χ4n) is 3.01. The van der Waals surface area contributed by atoms with Crippen LogP contribution in [0.3, 0.4) is 0 Å². The average molecular weight is 297 g/mol. The monoisotopic (exact) mass is 296 g/mol. The maximum Gasteiger partial charge on any atom is 0.142 e. The Balaban J connectivity index is 1.77. The zero-order valence-corrected chi connectivity index (χ0v) is 12.9. The highest BCUT2D eigenvalue weighted by molar-refractivity contribution is 6.31. The van der Waals surface area contributed by atoms with E-state index >= 15 is 0 Å². The minimum absolute atomic E-state index is 0.0705. The summed E-state index contributed by atoms with van der Waals surface area (Å²) >= 11 is 6.10. The van der Waals surface area contributed by atoms with Crippen LogP contribution in [0.15, 0.2) is 18.2 Å². The van der Waals surface area contributed by atoms with Gasteiger partial charge in [-0.1, -0.05) is 23.7 Å². The lowest BCUT2D eigenvalue weighted by molar-refractivity contribution is 0.0533. The predicted octanol–water partition coefficient (Wildman–Crippen LogP) is 3.44. The van der Waals surface area contributed by atoms with Gasteiger partial charge in [-0.2, -0.15) is 0 Å². The summed E-state index contributed by atoms with van der Waals surface area (Å²) < 4.78 is 13.6. The fraction of sp³-hybridized carbons (Fsp3) is 0.625. The molecule has 1 unspecified atom stereocenters. The van der Waals surface area contributed by atoms with Crippen LogP contribution >= 0.6 is 11.6 Å². The first-order valence-corrected chi connectivity index (χ1v) is 7.76. The first-order valence-electron chi connectivity index (χ1n) is 7.39. The Bertz CT molecular complexity index is 499. The maximum atomic E-state index is 13.6. The lowest BCUT2D eigenvalue weighted by atomic mass is 9.95. The Kier molecular flexibility index (Phi) is 3.78. The number of rotatable bonds is 3. The van der Waals surface area contributed by atoms with Gasteiger partial charge in [0.25, 0.3) is 0 Å². The van der Waals surface area contributed by atoms with Crippen molar-refractivity contribution in [1.29, 1.82) is 0 Å². The van der Waals surface area contributed by atoms with E-state index < -0.39 is 0 Å². The van der Waals surface area contributed by atoms with Crippen LogP contribution in [0.25, 0.3) is 0 Å². The second-order valence-corrected chi connectivity index (χ2v) is 7.11. The molecule has 2 fully saturated rings. The van der Waals surface area contributed by atoms with Crippen molar-refractivity contribution >= 4 is 11.6 Å². The Hall–Kier alpha value is -0.640. The zero-order chi connectivity index (χ0) is 14.3. The smallest absolute Gasteiger partial charge is 0.142 e. The molecule has 1 aliphatic carbocycles. The van der Waals surface area contributed by atoms with Crippen LogP contribution in [0, 0.1) is 11.7 Å². The number of nitrogens with zero attached hydrogens (tertiary/aromatic N) is 1. The molecule has 1 saturated heterocycles. The molecule has 0 spiro atoms. The lowest BCUT2D eigenvalue weighted by Crippen LogP contribution is -2.62. The van der Waals surface area contributed by atoms with Gasteiger partial charge in [0.05, 0.1) is 5.02 Å². The van der Waals surface area contributed by atoms with Gasteiger partial charge in [0.2, 0.25) is 0 Å². The summed E-state index contributed by atoms with van der Waals surface area (Å²) in [7, 11) is 0. The molecule has 0 amide bonds. The Labute approximate surface area is 125 Å². The van der Waals surface area contributed by atoms with E-state index in [0.717, 1.165) is 24.6 Å². The van der Waals surface area contributed by atoms with Gasteiger partial charge >= 0.3 is 0 Å². The minimum atomic E-state index is -0.323. The molecule has 2 aliphatic rings. The van der Waals surface area contributed by atoms with Crippen LogP contribution in [0.4, 0.5) is 4.39 Å². The molecule has 0 aromatic heterocycles. The van der Waals surface area contributed by atoms with E-state index in [1.165, 1.54) is 18.9 Å². The van der Waals surface area contributed by atoms with Crippen LogP contribution in [-0.4, -0.2) is 29.6 Å². The molecule has 1 heterocycles. The average Bonchev–Trinajstić information content (AvgIpc) is 3.21. The van der Waals surface area contributed by atoms with Gasteiger partial charge in [-0.15, -0.1) is 0 Å². The number of halogens is 2. The maximum absolute atomic E-state index is 13.6. The lowest BCUT2D eigenvalue weighted by Gasteiger charge is -2.46. The molecule has 1 N–H and O–H groups in total. The highest BCUT2D eigenvalue weighted by atomic mass is 35.5. The molecule has 20 heavy (non-hydrogen) atoms. The molecule has 4 heteroatoms. The van der Waals surface area contributed by atoms with Crippen molar-refractivity contribution in [3.8, 4) is 0 Å². The first kappa shape index (κ1) is 14.3. The molecular formula is C16H22ClFN2. The van der Waals surface area contributed by atoms with E-state index in [0.29, 0.717) is 12.6 Å². The van der Waals surface area contributed by atoms with Gasteiger partial charge in [-0.05, 0) is 44.2 Å². The Morgan fingerprint density at radius 1 is 1.40 bits per heavy atom. The van der Waals surface area contributed by atoms with Crippen LogP contribution in [-0.2, 0) is 6.54 Å². The molecule has 110 valence electrons. The fourth-order valence-corrected chi connectivity index (χ4v) is 3.20. The summed E-state index contributed by atoms with van der Waals surface area (Å²) in [6.45, 7) is 7.17. The molecule has 0 radical (unpaired) electrons. The first-order chi connectivity index (χ1) is 9.47. The van der Waals surface area contributed by atoms with Gasteiger partial charge in [-0.3, -0.25) is 4.90 Å². The summed E-state index contributed by atoms with van der Waals surface area (Å²) in [6, 6.07) is 5.66. The van der Waals surface area contributed by atoms with Gasteiger partial charge < -0.3 is 5.32 Å². The Morgan fingerprint density at radius 2 is 2.15 bits per heavy atom. The van der Waals surface area contributed by atoms with Crippen LogP contribution in [0.2, 0.25) is 5.02 Å². The predicted molar refractivity (Wildman–Crippen MR) is 80.4 cm³/mol. The van der Waals surface area contributed by atoms with Crippen molar-refractivity contribution in [1.82, 2.24) is 10.2 Å². The molecule has 1 aliphatic heterocycles. The molecule has 1 aromatic carbocycles. The van der Waals surface area contributed by atoms with Crippen LogP contribution in [0.1, 0.15) is 32.3 Å². The van der Waals surface area contributed by atoms with Crippen molar-refractivity contribution < 1.29 is 4.39 Å². The second-order valence-electron chi connectivity index (χ2n) is 6.73. The van der Waals surface area contributed by atoms with Crippen molar-refractivity contribution in [2.45, 2.75) is 44.8 Å². The summed E-state index contributed by atoms with van der Waals surface area (Å²) in [4.78, 5) is 2.44. The molecule has 1 aromatic rings. The largest absolute Gasteiger partial charge is 0.311 e. The van der Waals surface area contributed by atoms with E-state index in [9.17, 15) is 4.39 Å². The summed E-state index contributed by atoms with van der Waals surface area (Å²) in [5.74, 6) is 0.507. The third-order valence-corrected chi connectivity index (χ3v) is 5.08. The van der Waals surface area contributed by atoms with Crippen LogP contribution in [0.5, 0.6) is 0 Å². The molecule has 2 nitrogen and oxygen atoms in total. The normalized spacial score (nSPS) is 26.7. The highest BCUT2D eigenvalue weighted by Crippen LogP contribution is 2.36. The van der Waals surface area contributed by atoms with Gasteiger partial charge in [0.15, 0.2) is 0 Å². The van der Waals surface area contributed by atoms with Crippen molar-refractivity contribution in [2.75, 3.05) is 13.1 Å². The topological polar surface area (TPSA) is 15.3 Å². The van der Waals surface area contributed by atoms with E-state index in [4.69, 9.17) is 11.6 Å². The SMILES string of the molecule is CC1(C)CNC(C2CC2)CN1Cc1cccc(F)c1Cl. The third kappa shape index (κ3) is 2.85. The van der Waals surface area contributed by atoms with Gasteiger partial charge in [-0.25, -0.2) is 4.39 Å². The highest BCUT2D eigenvalue weighted by Gasteiger charge is 2.40. The minimum Gasteiger partial charge on any atom is -0.311 e. The van der Waals surface area contributed by atoms with Gasteiger partial charge in [0.1, 0.15) is 5.82 Å². The number of hydrogen-bond acceptors (Lipinski definition) is 2. The van der Waals surface area contributed by atoms with E-state index in [-0.39, 0.29) is 16.4 Å². The van der Waals surface area contributed by atoms with E-state index in [1.807, 2.05) is 6.07 Å². The third-order valence-electron chi connectivity index (χ3n) is 4.65. The summed E-state index contributed by atoms with van der Waals surface area (Å²) in [6.07, 6.45) is 2.68. The Morgan fingerprint density at radius 3 is 2.85 bits per heavy atom. The standard InChI is InChI=1S/C16H22ClFN2/c1-16(2)10-19-14(11-6-7-11)9-20(16)8-12-4-3-5-13(18)15(12)17/h3-5,11,14,19H,6-10H2,1-2H3. The van der Waals surface area contributed by atoms with Crippen LogP contribution < -0.4 is 5.32 Å². The van der Waals surface area contributed by atoms with Crippen molar-refractivity contribution in [3.63, 3.8) is 0 Å². The molecule has 3 rings (SSSR count). The molecular weight excluding hydrogens is 275 g/mol. The number of hydrogen-bond donors (Lipinski definition) is 1. The van der Waals surface area contributed by atoms with Crippen molar-refractivity contribution in [2.24, 2.45) is 5.92 Å². The number of piperazine rings is 1.